The van der Waals surface area contributed by atoms with Crippen LogP contribution in [-0.4, -0.2) is 93.1 Å². The lowest BCUT2D eigenvalue weighted by molar-refractivity contribution is -0.155. The van der Waals surface area contributed by atoms with Crippen LogP contribution in [0.15, 0.2) is 24.3 Å². The molecule has 206 valence electrons. The maximum Gasteiger partial charge on any atom is 0.249 e. The number of likely N-dealkylation sites (tertiary alicyclic amines) is 1. The summed E-state index contributed by atoms with van der Waals surface area (Å²) in [4.78, 5) is 47.8. The van der Waals surface area contributed by atoms with Crippen LogP contribution < -0.4 is 0 Å². The third kappa shape index (κ3) is 4.54. The Morgan fingerprint density at radius 3 is 2.35 bits per heavy atom. The average molecular weight is 516 g/mol. The van der Waals surface area contributed by atoms with Gasteiger partial charge in [0.1, 0.15) is 11.6 Å². The van der Waals surface area contributed by atoms with E-state index in [1.165, 1.54) is 0 Å². The number of hydrogen-bond acceptors (Lipinski definition) is 5. The first kappa shape index (κ1) is 27.8. The summed E-state index contributed by atoms with van der Waals surface area (Å²) in [5.41, 5.74) is -1.75. The largest absolute Gasteiger partial charge is 0.394 e. The molecule has 0 radical (unpaired) electrons. The molecule has 3 amide bonds. The van der Waals surface area contributed by atoms with Gasteiger partial charge in [-0.25, -0.2) is 0 Å². The monoisotopic (exact) mass is 515 g/mol. The Hall–Kier alpha value is -2.19. The molecule has 4 aliphatic heterocycles. The normalized spacial score (nSPS) is 32.9. The molecule has 0 saturated carbocycles. The first-order valence-corrected chi connectivity index (χ1v) is 13.9. The molecule has 0 aliphatic carbocycles. The van der Waals surface area contributed by atoms with Crippen molar-refractivity contribution in [3.8, 4) is 0 Å². The van der Waals surface area contributed by atoms with Gasteiger partial charge >= 0.3 is 0 Å². The molecule has 1 unspecified atom stereocenters. The molecule has 1 N–H and O–H groups in total. The van der Waals surface area contributed by atoms with Gasteiger partial charge in [0.05, 0.1) is 30.6 Å². The molecule has 0 aromatic carbocycles. The number of aliphatic hydroxyl groups excluding tert-OH is 1. The zero-order valence-electron chi connectivity index (χ0n) is 23.6. The number of carbonyl (C=O) groups is 3. The van der Waals surface area contributed by atoms with Crippen molar-refractivity contribution in [3.63, 3.8) is 0 Å². The van der Waals surface area contributed by atoms with Gasteiger partial charge in [-0.05, 0) is 38.5 Å². The van der Waals surface area contributed by atoms with Crippen molar-refractivity contribution in [2.24, 2.45) is 17.3 Å². The molecule has 2 saturated heterocycles. The molecule has 4 aliphatic rings. The molecule has 8 heteroatoms. The van der Waals surface area contributed by atoms with Crippen LogP contribution in [0.1, 0.15) is 67.7 Å². The molecule has 8 nitrogen and oxygen atoms in total. The highest BCUT2D eigenvalue weighted by Gasteiger charge is 2.72. The minimum Gasteiger partial charge on any atom is -0.394 e. The molecular formula is C29H45N3O5. The van der Waals surface area contributed by atoms with Crippen molar-refractivity contribution in [2.75, 3.05) is 26.2 Å². The van der Waals surface area contributed by atoms with Crippen molar-refractivity contribution < 1.29 is 24.2 Å². The second-order valence-electron chi connectivity index (χ2n) is 12.9. The first-order chi connectivity index (χ1) is 17.3. The van der Waals surface area contributed by atoms with Gasteiger partial charge in [-0.3, -0.25) is 14.4 Å². The van der Waals surface area contributed by atoms with Crippen molar-refractivity contribution in [1.82, 2.24) is 14.7 Å². The zero-order chi connectivity index (χ0) is 27.3. The molecule has 0 aromatic rings. The SMILES string of the molecule is CCCN1CC=C[C@H]2O[C@]34C=CCN(C(C)(C)CC(C)(C)C)C(=O)C3N([C@@H](CC)CO)C(=O)[C@@H]4[C@H]2C1=O. The molecule has 0 bridgehead atoms. The Kier molecular flexibility index (Phi) is 7.40. The Morgan fingerprint density at radius 1 is 1.05 bits per heavy atom. The van der Waals surface area contributed by atoms with Crippen LogP contribution in [0.5, 0.6) is 0 Å². The van der Waals surface area contributed by atoms with Crippen molar-refractivity contribution in [2.45, 2.75) is 97.1 Å². The minimum atomic E-state index is -1.26. The molecule has 37 heavy (non-hydrogen) atoms. The maximum absolute atomic E-state index is 14.5. The molecule has 4 rings (SSSR count). The lowest BCUT2D eigenvalue weighted by Gasteiger charge is -2.45. The van der Waals surface area contributed by atoms with Gasteiger partial charge in [0.15, 0.2) is 0 Å². The lowest BCUT2D eigenvalue weighted by Crippen LogP contribution is -2.61. The van der Waals surface area contributed by atoms with E-state index in [4.69, 9.17) is 4.74 Å². The topological polar surface area (TPSA) is 90.4 Å². The van der Waals surface area contributed by atoms with Crippen molar-refractivity contribution in [1.29, 1.82) is 0 Å². The standard InChI is InChI=1S/C29H45N3O5/c1-8-14-30-15-10-12-20-21(24(30)34)22-25(35)32(19(9-2)17-33)23-26(36)31(16-11-13-29(22,23)37-20)28(6,7)18-27(3,4)5/h10-13,19-23,33H,8-9,14-18H2,1-7H3/t19-,20+,21-,22-,23?,29-/m0/s1. The highest BCUT2D eigenvalue weighted by molar-refractivity contribution is 6.00. The second-order valence-corrected chi connectivity index (χ2v) is 12.9. The zero-order valence-corrected chi connectivity index (χ0v) is 23.6. The Morgan fingerprint density at radius 2 is 1.76 bits per heavy atom. The van der Waals surface area contributed by atoms with Crippen molar-refractivity contribution >= 4 is 17.7 Å². The number of nitrogens with zero attached hydrogens (tertiary/aromatic N) is 3. The fraction of sp³-hybridized carbons (Fsp3) is 0.759. The number of amides is 3. The van der Waals surface area contributed by atoms with E-state index in [1.54, 1.807) is 9.80 Å². The van der Waals surface area contributed by atoms with E-state index in [-0.39, 0.29) is 29.7 Å². The van der Waals surface area contributed by atoms with E-state index >= 15 is 0 Å². The van der Waals surface area contributed by atoms with Gasteiger partial charge in [-0.1, -0.05) is 58.9 Å². The number of hydrogen-bond donors (Lipinski definition) is 1. The van der Waals surface area contributed by atoms with Gasteiger partial charge in [-0.15, -0.1) is 0 Å². The highest BCUT2D eigenvalue weighted by Crippen LogP contribution is 2.54. The molecule has 0 aromatic heterocycles. The van der Waals surface area contributed by atoms with Gasteiger partial charge in [0.2, 0.25) is 17.7 Å². The van der Waals surface area contributed by atoms with E-state index < -0.39 is 41.2 Å². The molecular weight excluding hydrogens is 470 g/mol. The predicted octanol–water partition coefficient (Wildman–Crippen LogP) is 2.76. The quantitative estimate of drug-likeness (QED) is 0.527. The van der Waals surface area contributed by atoms with Gasteiger partial charge in [-0.2, -0.15) is 0 Å². The number of ether oxygens (including phenoxy) is 1. The van der Waals surface area contributed by atoms with E-state index in [1.807, 2.05) is 43.1 Å². The van der Waals surface area contributed by atoms with Crippen LogP contribution in [0, 0.1) is 17.3 Å². The van der Waals surface area contributed by atoms with E-state index in [0.29, 0.717) is 26.1 Å². The lowest BCUT2D eigenvalue weighted by atomic mass is 9.77. The smallest absolute Gasteiger partial charge is 0.249 e. The highest BCUT2D eigenvalue weighted by atomic mass is 16.5. The molecule has 4 heterocycles. The van der Waals surface area contributed by atoms with Crippen molar-refractivity contribution in [3.05, 3.63) is 24.3 Å². The summed E-state index contributed by atoms with van der Waals surface area (Å²) >= 11 is 0. The van der Waals surface area contributed by atoms with Crippen LogP contribution in [-0.2, 0) is 19.1 Å². The van der Waals surface area contributed by atoms with Gasteiger partial charge < -0.3 is 24.5 Å². The summed E-state index contributed by atoms with van der Waals surface area (Å²) in [6.07, 6.45) is 9.17. The maximum atomic E-state index is 14.5. The van der Waals surface area contributed by atoms with Gasteiger partial charge in [0, 0.05) is 25.2 Å². The molecule has 1 spiro atoms. The number of carbonyl (C=O) groups excluding carboxylic acids is 3. The van der Waals surface area contributed by atoms with E-state index in [9.17, 15) is 19.5 Å². The number of aliphatic hydroxyl groups is 1. The van der Waals surface area contributed by atoms with Crippen LogP contribution in [0.4, 0.5) is 0 Å². The van der Waals surface area contributed by atoms with Gasteiger partial charge in [0.25, 0.3) is 0 Å². The van der Waals surface area contributed by atoms with E-state index in [2.05, 4.69) is 34.6 Å². The second kappa shape index (κ2) is 9.84. The average Bonchev–Trinajstić information content (AvgIpc) is 3.11. The third-order valence-corrected chi connectivity index (χ3v) is 8.44. The summed E-state index contributed by atoms with van der Waals surface area (Å²) in [6.45, 7) is 15.8. The summed E-state index contributed by atoms with van der Waals surface area (Å²) in [5, 5.41) is 10.3. The molecule has 6 atom stereocenters. The Balaban J connectivity index is 1.83. The fourth-order valence-corrected chi connectivity index (χ4v) is 7.34. The number of fused-ring (bicyclic) bond motifs is 2. The van der Waals surface area contributed by atoms with E-state index in [0.717, 1.165) is 12.8 Å². The van der Waals surface area contributed by atoms with Crippen LogP contribution in [0.3, 0.4) is 0 Å². The third-order valence-electron chi connectivity index (χ3n) is 8.44. The summed E-state index contributed by atoms with van der Waals surface area (Å²) in [7, 11) is 0. The van der Waals surface area contributed by atoms with Crippen LogP contribution in [0.2, 0.25) is 0 Å². The number of rotatable bonds is 7. The van der Waals surface area contributed by atoms with Crippen LogP contribution in [0.25, 0.3) is 0 Å². The summed E-state index contributed by atoms with van der Waals surface area (Å²) in [5.74, 6) is -2.07. The molecule has 2 fully saturated rings. The van der Waals surface area contributed by atoms with Crippen LogP contribution >= 0.6 is 0 Å². The fourth-order valence-electron chi connectivity index (χ4n) is 7.34. The minimum absolute atomic E-state index is 0.0146. The Labute approximate surface area is 221 Å². The predicted molar refractivity (Wildman–Crippen MR) is 141 cm³/mol. The summed E-state index contributed by atoms with van der Waals surface area (Å²) < 4.78 is 6.70. The Bertz CT molecular complexity index is 979. The summed E-state index contributed by atoms with van der Waals surface area (Å²) in [6, 6.07) is -1.47. The first-order valence-electron chi connectivity index (χ1n) is 13.9.